The summed E-state index contributed by atoms with van der Waals surface area (Å²) in [6.45, 7) is 2.70. The van der Waals surface area contributed by atoms with Crippen molar-refractivity contribution < 1.29 is 9.59 Å². The number of likely N-dealkylation sites (N-methyl/N-ethyl adjacent to an activating group) is 1. The highest BCUT2D eigenvalue weighted by atomic mass is 16.2. The molecular formula is C16H24N4O2. The molecule has 2 rings (SSSR count). The summed E-state index contributed by atoms with van der Waals surface area (Å²) < 4.78 is 0. The second-order valence-electron chi connectivity index (χ2n) is 6.02. The Bertz CT molecular complexity index is 559. The number of primary amides is 1. The van der Waals surface area contributed by atoms with Gasteiger partial charge in [0.25, 0.3) is 5.91 Å². The van der Waals surface area contributed by atoms with Crippen molar-refractivity contribution in [3.63, 3.8) is 0 Å². The number of hydrogen-bond acceptors (Lipinski definition) is 4. The number of benzene rings is 1. The van der Waals surface area contributed by atoms with Crippen molar-refractivity contribution in [3.8, 4) is 0 Å². The number of carbonyl (C=O) groups is 2. The molecule has 120 valence electrons. The Kier molecular flexibility index (Phi) is 5.15. The van der Waals surface area contributed by atoms with Gasteiger partial charge in [0.05, 0.1) is 6.54 Å². The number of nitrogens with zero attached hydrogens (tertiary/aromatic N) is 3. The van der Waals surface area contributed by atoms with E-state index in [0.29, 0.717) is 5.56 Å². The summed E-state index contributed by atoms with van der Waals surface area (Å²) in [6.07, 6.45) is 0. The minimum absolute atomic E-state index is 0.00527. The van der Waals surface area contributed by atoms with Gasteiger partial charge in [0.1, 0.15) is 0 Å². The number of nitrogens with two attached hydrogens (primary N) is 1. The van der Waals surface area contributed by atoms with E-state index < -0.39 is 0 Å². The average molecular weight is 304 g/mol. The van der Waals surface area contributed by atoms with E-state index >= 15 is 0 Å². The standard InChI is InChI=1S/C16H24N4O2/c1-18(2)16(22)13-6-4-5-12(9-13)14-10-20(11-15(17)21)8-7-19(14)3/h4-6,9,14H,7-8,10-11H2,1-3H3,(H2,17,21)/t14-/m1/s1. The lowest BCUT2D eigenvalue weighted by molar-refractivity contribution is -0.119. The van der Waals surface area contributed by atoms with Gasteiger partial charge in [0, 0.05) is 45.3 Å². The highest BCUT2D eigenvalue weighted by Crippen LogP contribution is 2.24. The molecule has 0 aromatic heterocycles. The zero-order chi connectivity index (χ0) is 16.3. The second-order valence-corrected chi connectivity index (χ2v) is 6.02. The Balaban J connectivity index is 2.20. The molecule has 1 heterocycles. The van der Waals surface area contributed by atoms with Crippen LogP contribution in [0.3, 0.4) is 0 Å². The maximum atomic E-state index is 12.1. The SMILES string of the molecule is CN(C)C(=O)c1cccc([C@H]2CN(CC(N)=O)CCN2C)c1. The Morgan fingerprint density at radius 3 is 2.68 bits per heavy atom. The van der Waals surface area contributed by atoms with Crippen molar-refractivity contribution in [2.75, 3.05) is 47.3 Å². The molecule has 1 aromatic carbocycles. The quantitative estimate of drug-likeness (QED) is 0.860. The molecule has 2 N–H and O–H groups in total. The molecule has 0 unspecified atom stereocenters. The van der Waals surface area contributed by atoms with Crippen LogP contribution in [0.4, 0.5) is 0 Å². The van der Waals surface area contributed by atoms with Gasteiger partial charge in [-0.25, -0.2) is 0 Å². The Hall–Kier alpha value is -1.92. The van der Waals surface area contributed by atoms with Gasteiger partial charge in [0.15, 0.2) is 0 Å². The van der Waals surface area contributed by atoms with Gasteiger partial charge in [-0.2, -0.15) is 0 Å². The first-order chi connectivity index (χ1) is 10.4. The first kappa shape index (κ1) is 16.5. The number of rotatable bonds is 4. The third-order valence-electron chi connectivity index (χ3n) is 4.04. The number of piperazine rings is 1. The third-order valence-corrected chi connectivity index (χ3v) is 4.04. The fourth-order valence-electron chi connectivity index (χ4n) is 2.79. The Morgan fingerprint density at radius 1 is 1.32 bits per heavy atom. The lowest BCUT2D eigenvalue weighted by atomic mass is 10.00. The number of hydrogen-bond donors (Lipinski definition) is 1. The van der Waals surface area contributed by atoms with E-state index in [4.69, 9.17) is 5.73 Å². The highest BCUT2D eigenvalue weighted by Gasteiger charge is 2.26. The summed E-state index contributed by atoms with van der Waals surface area (Å²) in [5.41, 5.74) is 7.07. The molecular weight excluding hydrogens is 280 g/mol. The summed E-state index contributed by atoms with van der Waals surface area (Å²) in [4.78, 5) is 29.1. The average Bonchev–Trinajstić information content (AvgIpc) is 2.48. The predicted molar refractivity (Wildman–Crippen MR) is 85.5 cm³/mol. The minimum atomic E-state index is -0.306. The molecule has 1 atom stereocenters. The summed E-state index contributed by atoms with van der Waals surface area (Å²) in [5.74, 6) is -0.311. The van der Waals surface area contributed by atoms with Crippen LogP contribution >= 0.6 is 0 Å². The molecule has 22 heavy (non-hydrogen) atoms. The molecule has 1 aliphatic rings. The fourth-order valence-corrected chi connectivity index (χ4v) is 2.79. The maximum Gasteiger partial charge on any atom is 0.253 e. The molecule has 6 nitrogen and oxygen atoms in total. The molecule has 6 heteroatoms. The van der Waals surface area contributed by atoms with Crippen LogP contribution in [0.1, 0.15) is 22.0 Å². The van der Waals surface area contributed by atoms with Gasteiger partial charge in [-0.3, -0.25) is 19.4 Å². The highest BCUT2D eigenvalue weighted by molar-refractivity contribution is 5.94. The van der Waals surface area contributed by atoms with Crippen molar-refractivity contribution in [3.05, 3.63) is 35.4 Å². The first-order valence-corrected chi connectivity index (χ1v) is 7.41. The molecule has 1 aromatic rings. The third kappa shape index (κ3) is 3.84. The van der Waals surface area contributed by atoms with Crippen LogP contribution in [0.15, 0.2) is 24.3 Å². The lowest BCUT2D eigenvalue weighted by Gasteiger charge is -2.39. The fraction of sp³-hybridized carbons (Fsp3) is 0.500. The number of carbonyl (C=O) groups excluding carboxylic acids is 2. The summed E-state index contributed by atoms with van der Waals surface area (Å²) in [7, 11) is 5.55. The zero-order valence-corrected chi connectivity index (χ0v) is 13.5. The van der Waals surface area contributed by atoms with Crippen molar-refractivity contribution in [2.45, 2.75) is 6.04 Å². The van der Waals surface area contributed by atoms with E-state index in [0.717, 1.165) is 25.2 Å². The minimum Gasteiger partial charge on any atom is -0.369 e. The molecule has 0 aliphatic carbocycles. The van der Waals surface area contributed by atoms with E-state index in [-0.39, 0.29) is 24.4 Å². The van der Waals surface area contributed by atoms with E-state index in [2.05, 4.69) is 16.8 Å². The van der Waals surface area contributed by atoms with Gasteiger partial charge < -0.3 is 10.6 Å². The van der Waals surface area contributed by atoms with Crippen LogP contribution in [0.25, 0.3) is 0 Å². The predicted octanol–water partition coefficient (Wildman–Crippen LogP) is 0.162. The largest absolute Gasteiger partial charge is 0.369 e. The van der Waals surface area contributed by atoms with Crippen molar-refractivity contribution in [2.24, 2.45) is 5.73 Å². The molecule has 1 aliphatic heterocycles. The second kappa shape index (κ2) is 6.89. The van der Waals surface area contributed by atoms with E-state index in [1.807, 2.05) is 24.3 Å². The van der Waals surface area contributed by atoms with E-state index in [9.17, 15) is 9.59 Å². The zero-order valence-electron chi connectivity index (χ0n) is 13.5. The van der Waals surface area contributed by atoms with E-state index in [1.165, 1.54) is 0 Å². The molecule has 0 bridgehead atoms. The van der Waals surface area contributed by atoms with Gasteiger partial charge in [0.2, 0.25) is 5.91 Å². The van der Waals surface area contributed by atoms with Crippen LogP contribution in [0, 0.1) is 0 Å². The smallest absolute Gasteiger partial charge is 0.253 e. The Labute approximate surface area is 131 Å². The first-order valence-electron chi connectivity index (χ1n) is 7.41. The van der Waals surface area contributed by atoms with Crippen LogP contribution in [0.2, 0.25) is 0 Å². The van der Waals surface area contributed by atoms with Gasteiger partial charge >= 0.3 is 0 Å². The summed E-state index contributed by atoms with van der Waals surface area (Å²) in [6, 6.07) is 7.87. The van der Waals surface area contributed by atoms with Crippen molar-refractivity contribution in [1.29, 1.82) is 0 Å². The van der Waals surface area contributed by atoms with Crippen molar-refractivity contribution >= 4 is 11.8 Å². The Morgan fingerprint density at radius 2 is 2.05 bits per heavy atom. The molecule has 1 fully saturated rings. The number of amides is 2. The van der Waals surface area contributed by atoms with Gasteiger partial charge in [-0.05, 0) is 24.7 Å². The van der Waals surface area contributed by atoms with Crippen molar-refractivity contribution in [1.82, 2.24) is 14.7 Å². The molecule has 2 amide bonds. The summed E-state index contributed by atoms with van der Waals surface area (Å²) >= 11 is 0. The molecule has 0 saturated carbocycles. The monoisotopic (exact) mass is 304 g/mol. The normalized spacial score (nSPS) is 19.9. The molecule has 1 saturated heterocycles. The molecule has 0 radical (unpaired) electrons. The van der Waals surface area contributed by atoms with Crippen LogP contribution in [-0.4, -0.2) is 73.8 Å². The molecule has 0 spiro atoms. The van der Waals surface area contributed by atoms with Gasteiger partial charge in [-0.1, -0.05) is 12.1 Å². The summed E-state index contributed by atoms with van der Waals surface area (Å²) in [5, 5.41) is 0. The van der Waals surface area contributed by atoms with E-state index in [1.54, 1.807) is 19.0 Å². The lowest BCUT2D eigenvalue weighted by Crippen LogP contribution is -2.49. The van der Waals surface area contributed by atoms with Crippen LogP contribution in [-0.2, 0) is 4.79 Å². The topological polar surface area (TPSA) is 69.9 Å². The van der Waals surface area contributed by atoms with Crippen LogP contribution < -0.4 is 5.73 Å². The van der Waals surface area contributed by atoms with Crippen LogP contribution in [0.5, 0.6) is 0 Å². The maximum absolute atomic E-state index is 12.1. The van der Waals surface area contributed by atoms with Gasteiger partial charge in [-0.15, -0.1) is 0 Å².